The third-order valence-corrected chi connectivity index (χ3v) is 5.34. The summed E-state index contributed by atoms with van der Waals surface area (Å²) in [5, 5.41) is 0.105. The Bertz CT molecular complexity index is 794. The maximum absolute atomic E-state index is 6.12. The van der Waals surface area contributed by atoms with E-state index >= 15 is 0 Å². The van der Waals surface area contributed by atoms with Crippen LogP contribution in [-0.4, -0.2) is 37.4 Å². The molecule has 1 aromatic heterocycles. The Labute approximate surface area is 160 Å². The van der Waals surface area contributed by atoms with Gasteiger partial charge in [-0.2, -0.15) is 12.6 Å². The molecule has 1 aromatic carbocycles. The van der Waals surface area contributed by atoms with E-state index in [9.17, 15) is 0 Å². The number of hydrogen-bond donors (Lipinski definition) is 1. The van der Waals surface area contributed by atoms with Gasteiger partial charge in [-0.3, -0.25) is 4.98 Å². The van der Waals surface area contributed by atoms with Crippen molar-refractivity contribution in [3.63, 3.8) is 0 Å². The summed E-state index contributed by atoms with van der Waals surface area (Å²) >= 11 is 4.59. The molecule has 2 aromatic rings. The fraction of sp³-hybridized carbons (Fsp3) is 0.381. The third kappa shape index (κ3) is 3.80. The normalized spacial score (nSPS) is 22.7. The molecule has 4 rings (SSSR count). The molecule has 136 valence electrons. The fourth-order valence-electron chi connectivity index (χ4n) is 3.50. The fourth-order valence-corrected chi connectivity index (χ4v) is 3.93. The number of aromatic nitrogens is 1. The van der Waals surface area contributed by atoms with Crippen molar-refractivity contribution >= 4 is 23.9 Å². The molecule has 0 saturated carbocycles. The second-order valence-corrected chi connectivity index (χ2v) is 7.42. The topological polar surface area (TPSA) is 34.6 Å². The Morgan fingerprint density at radius 2 is 2.15 bits per heavy atom. The van der Waals surface area contributed by atoms with Gasteiger partial charge in [0, 0.05) is 18.7 Å². The van der Waals surface area contributed by atoms with Crippen LogP contribution in [0.2, 0.25) is 0 Å². The Balaban J connectivity index is 1.46. The van der Waals surface area contributed by atoms with Crippen molar-refractivity contribution in [1.82, 2.24) is 4.98 Å². The minimum atomic E-state index is 0.0419. The van der Waals surface area contributed by atoms with E-state index in [2.05, 4.69) is 53.7 Å². The van der Waals surface area contributed by atoms with Gasteiger partial charge in [0.15, 0.2) is 0 Å². The molecule has 0 radical (unpaired) electrons. The number of hydrogen-bond acceptors (Lipinski definition) is 5. The van der Waals surface area contributed by atoms with Gasteiger partial charge in [0.1, 0.15) is 0 Å². The van der Waals surface area contributed by atoms with E-state index < -0.39 is 0 Å². The number of allylic oxidation sites excluding steroid dienone is 1. The molecule has 0 N–H and O–H groups in total. The number of nitrogens with zero attached hydrogens (tertiary/aromatic N) is 2. The minimum Gasteiger partial charge on any atom is -0.377 e. The number of ether oxygens (including phenoxy) is 2. The zero-order valence-corrected chi connectivity index (χ0v) is 15.9. The molecule has 2 unspecified atom stereocenters. The van der Waals surface area contributed by atoms with Crippen LogP contribution in [-0.2, 0) is 16.1 Å². The van der Waals surface area contributed by atoms with Crippen molar-refractivity contribution < 1.29 is 9.47 Å². The minimum absolute atomic E-state index is 0.0419. The predicted octanol–water partition coefficient (Wildman–Crippen LogP) is 3.89. The van der Waals surface area contributed by atoms with Crippen molar-refractivity contribution in [2.24, 2.45) is 0 Å². The van der Waals surface area contributed by atoms with Gasteiger partial charge in [0.25, 0.3) is 0 Å². The van der Waals surface area contributed by atoms with Crippen molar-refractivity contribution in [2.45, 2.75) is 24.9 Å². The Morgan fingerprint density at radius 3 is 3.00 bits per heavy atom. The average Bonchev–Trinajstić information content (AvgIpc) is 2.84. The van der Waals surface area contributed by atoms with Crippen molar-refractivity contribution in [2.75, 3.05) is 31.2 Å². The highest BCUT2D eigenvalue weighted by Gasteiger charge is 2.24. The molecule has 0 spiro atoms. The number of rotatable bonds is 4. The van der Waals surface area contributed by atoms with Crippen LogP contribution in [0.1, 0.15) is 29.0 Å². The van der Waals surface area contributed by atoms with Gasteiger partial charge in [-0.15, -0.1) is 0 Å². The molecular formula is C21H24N2O2S. The van der Waals surface area contributed by atoms with E-state index in [4.69, 9.17) is 9.47 Å². The first-order valence-electron chi connectivity index (χ1n) is 9.06. The van der Waals surface area contributed by atoms with E-state index in [1.165, 1.54) is 16.7 Å². The number of anilines is 1. The standard InChI is InChI=1S/C21H24N2O2S/c1-15-9-20(26)21-19(15)10-17(11-22-21)23-7-8-24-14-18(12-23)25-13-16-5-3-2-4-6-16/h2-6,9-11,18,20,26H,7-8,12-14H2,1H3. The van der Waals surface area contributed by atoms with Crippen LogP contribution in [0.25, 0.3) is 5.57 Å². The van der Waals surface area contributed by atoms with Crippen LogP contribution in [0.4, 0.5) is 5.69 Å². The van der Waals surface area contributed by atoms with Crippen molar-refractivity contribution in [3.8, 4) is 0 Å². The lowest BCUT2D eigenvalue weighted by atomic mass is 10.1. The maximum atomic E-state index is 6.12. The van der Waals surface area contributed by atoms with Crippen LogP contribution in [0, 0.1) is 0 Å². The lowest BCUT2D eigenvalue weighted by molar-refractivity contribution is -0.00795. The molecule has 2 heterocycles. The van der Waals surface area contributed by atoms with Gasteiger partial charge < -0.3 is 14.4 Å². The number of benzene rings is 1. The largest absolute Gasteiger partial charge is 0.377 e. The van der Waals surface area contributed by atoms with Crippen molar-refractivity contribution in [1.29, 1.82) is 0 Å². The summed E-state index contributed by atoms with van der Waals surface area (Å²) in [4.78, 5) is 6.98. The zero-order valence-electron chi connectivity index (χ0n) is 15.0. The Hall–Kier alpha value is -1.82. The van der Waals surface area contributed by atoms with Gasteiger partial charge >= 0.3 is 0 Å². The van der Waals surface area contributed by atoms with Crippen LogP contribution >= 0.6 is 12.6 Å². The monoisotopic (exact) mass is 368 g/mol. The van der Waals surface area contributed by atoms with E-state index in [0.717, 1.165) is 24.5 Å². The van der Waals surface area contributed by atoms with Gasteiger partial charge in [-0.25, -0.2) is 0 Å². The summed E-state index contributed by atoms with van der Waals surface area (Å²) in [6.07, 6.45) is 4.15. The Kier molecular flexibility index (Phi) is 5.29. The summed E-state index contributed by atoms with van der Waals surface area (Å²) in [7, 11) is 0. The molecular weight excluding hydrogens is 344 g/mol. The van der Waals surface area contributed by atoms with Gasteiger partial charge in [0.2, 0.25) is 0 Å². The highest BCUT2D eigenvalue weighted by atomic mass is 32.1. The number of pyridine rings is 1. The first-order valence-corrected chi connectivity index (χ1v) is 9.57. The highest BCUT2D eigenvalue weighted by Crippen LogP contribution is 2.38. The molecule has 0 bridgehead atoms. The summed E-state index contributed by atoms with van der Waals surface area (Å²) in [5.41, 5.74) is 5.81. The number of fused-ring (bicyclic) bond motifs is 1. The molecule has 1 saturated heterocycles. The summed E-state index contributed by atoms with van der Waals surface area (Å²) in [6, 6.07) is 12.5. The summed E-state index contributed by atoms with van der Waals surface area (Å²) in [5.74, 6) is 0. The second kappa shape index (κ2) is 7.82. The zero-order chi connectivity index (χ0) is 17.9. The average molecular weight is 369 g/mol. The summed E-state index contributed by atoms with van der Waals surface area (Å²) in [6.45, 7) is 5.71. The second-order valence-electron chi connectivity index (χ2n) is 6.86. The van der Waals surface area contributed by atoms with Gasteiger partial charge in [-0.05, 0) is 24.1 Å². The van der Waals surface area contributed by atoms with Crippen molar-refractivity contribution in [3.05, 3.63) is 65.5 Å². The van der Waals surface area contributed by atoms with E-state index in [1.807, 2.05) is 24.4 Å². The molecule has 1 aliphatic heterocycles. The molecule has 4 nitrogen and oxygen atoms in total. The smallest absolute Gasteiger partial charge is 0.0987 e. The highest BCUT2D eigenvalue weighted by molar-refractivity contribution is 7.80. The molecule has 2 aliphatic rings. The van der Waals surface area contributed by atoms with Gasteiger partial charge in [-0.1, -0.05) is 36.4 Å². The van der Waals surface area contributed by atoms with Crippen LogP contribution in [0.5, 0.6) is 0 Å². The first kappa shape index (κ1) is 17.6. The third-order valence-electron chi connectivity index (χ3n) is 4.94. The Morgan fingerprint density at radius 1 is 1.31 bits per heavy atom. The van der Waals surface area contributed by atoms with Crippen LogP contribution < -0.4 is 4.90 Å². The molecule has 5 heteroatoms. The summed E-state index contributed by atoms with van der Waals surface area (Å²) < 4.78 is 11.9. The van der Waals surface area contributed by atoms with Crippen LogP contribution in [0.3, 0.4) is 0 Å². The molecule has 2 atom stereocenters. The van der Waals surface area contributed by atoms with Gasteiger partial charge in [0.05, 0.1) is 48.8 Å². The molecule has 26 heavy (non-hydrogen) atoms. The van der Waals surface area contributed by atoms with Crippen LogP contribution in [0.15, 0.2) is 48.7 Å². The first-order chi connectivity index (χ1) is 12.7. The molecule has 1 aliphatic carbocycles. The number of thiol groups is 1. The van der Waals surface area contributed by atoms with E-state index in [0.29, 0.717) is 19.8 Å². The predicted molar refractivity (Wildman–Crippen MR) is 108 cm³/mol. The quantitative estimate of drug-likeness (QED) is 0.831. The lowest BCUT2D eigenvalue weighted by Gasteiger charge is -2.26. The maximum Gasteiger partial charge on any atom is 0.0987 e. The van der Waals surface area contributed by atoms with E-state index in [-0.39, 0.29) is 11.4 Å². The molecule has 1 fully saturated rings. The van der Waals surface area contributed by atoms with E-state index in [1.54, 1.807) is 0 Å². The molecule has 0 amide bonds. The lowest BCUT2D eigenvalue weighted by Crippen LogP contribution is -2.34. The SMILES string of the molecule is CC1=CC(S)c2ncc(N3CCOCC(OCc4ccccc4)C3)cc21.